The predicted molar refractivity (Wildman–Crippen MR) is 94.7 cm³/mol. The monoisotopic (exact) mass is 406 g/mol. The molecule has 3 rings (SSSR count). The van der Waals surface area contributed by atoms with Crippen LogP contribution in [-0.4, -0.2) is 21.0 Å². The Labute approximate surface area is 162 Å². The van der Waals surface area contributed by atoms with Crippen molar-refractivity contribution in [2.75, 3.05) is 0 Å². The maximum absolute atomic E-state index is 14.0. The SMILES string of the molecule is Cc1ccc(C(=NCc2cccnc2)NO)c(Oc2c(F)c(F)cc(F)c2F)n1. The van der Waals surface area contributed by atoms with Gasteiger partial charge in [-0.3, -0.25) is 20.7 Å². The van der Waals surface area contributed by atoms with Crippen molar-refractivity contribution in [1.29, 1.82) is 0 Å². The van der Waals surface area contributed by atoms with Gasteiger partial charge in [0.05, 0.1) is 12.1 Å². The van der Waals surface area contributed by atoms with E-state index >= 15 is 0 Å². The van der Waals surface area contributed by atoms with E-state index in [-0.39, 0.29) is 24.0 Å². The van der Waals surface area contributed by atoms with Crippen LogP contribution in [0.4, 0.5) is 17.6 Å². The third-order valence-electron chi connectivity index (χ3n) is 3.77. The minimum atomic E-state index is -1.72. The maximum atomic E-state index is 14.0. The molecule has 2 aromatic heterocycles. The molecule has 2 heterocycles. The fraction of sp³-hybridized carbons (Fsp3) is 0.105. The summed E-state index contributed by atoms with van der Waals surface area (Å²) in [6, 6.07) is 6.45. The van der Waals surface area contributed by atoms with Gasteiger partial charge in [-0.15, -0.1) is 0 Å². The number of rotatable bonds is 5. The van der Waals surface area contributed by atoms with Crippen molar-refractivity contribution in [3.63, 3.8) is 0 Å². The van der Waals surface area contributed by atoms with Gasteiger partial charge in [0.15, 0.2) is 17.5 Å². The molecule has 0 aliphatic rings. The molecule has 29 heavy (non-hydrogen) atoms. The van der Waals surface area contributed by atoms with Gasteiger partial charge in [-0.25, -0.2) is 13.8 Å². The Morgan fingerprint density at radius 3 is 2.48 bits per heavy atom. The van der Waals surface area contributed by atoms with E-state index in [2.05, 4.69) is 15.0 Å². The highest BCUT2D eigenvalue weighted by Gasteiger charge is 2.23. The van der Waals surface area contributed by atoms with E-state index in [0.717, 1.165) is 0 Å². The van der Waals surface area contributed by atoms with Crippen LogP contribution in [-0.2, 0) is 6.54 Å². The molecule has 0 spiro atoms. The molecule has 0 bridgehead atoms. The summed E-state index contributed by atoms with van der Waals surface area (Å²) in [6.07, 6.45) is 3.14. The second-order valence-electron chi connectivity index (χ2n) is 5.84. The lowest BCUT2D eigenvalue weighted by Crippen LogP contribution is -2.22. The first-order valence-electron chi connectivity index (χ1n) is 8.23. The van der Waals surface area contributed by atoms with Crippen LogP contribution in [0.2, 0.25) is 0 Å². The normalized spacial score (nSPS) is 11.4. The summed E-state index contributed by atoms with van der Waals surface area (Å²) in [7, 11) is 0. The van der Waals surface area contributed by atoms with Crippen LogP contribution in [0.5, 0.6) is 11.6 Å². The van der Waals surface area contributed by atoms with Crippen molar-refractivity contribution in [1.82, 2.24) is 15.4 Å². The number of aromatic nitrogens is 2. The first kappa shape index (κ1) is 20.2. The minimum Gasteiger partial charge on any atom is -0.432 e. The van der Waals surface area contributed by atoms with Gasteiger partial charge in [-0.05, 0) is 30.7 Å². The zero-order chi connectivity index (χ0) is 21.0. The molecule has 3 aromatic rings. The van der Waals surface area contributed by atoms with Crippen LogP contribution in [0, 0.1) is 30.2 Å². The van der Waals surface area contributed by atoms with Crippen molar-refractivity contribution in [3.05, 3.63) is 82.8 Å². The summed E-state index contributed by atoms with van der Waals surface area (Å²) in [6.45, 7) is 1.66. The van der Waals surface area contributed by atoms with Crippen LogP contribution in [0.1, 0.15) is 16.8 Å². The summed E-state index contributed by atoms with van der Waals surface area (Å²) >= 11 is 0. The summed E-state index contributed by atoms with van der Waals surface area (Å²) < 4.78 is 60.0. The fourth-order valence-electron chi connectivity index (χ4n) is 2.37. The molecular formula is C19H14F4N4O2. The molecular weight excluding hydrogens is 392 g/mol. The van der Waals surface area contributed by atoms with Crippen LogP contribution in [0.25, 0.3) is 0 Å². The number of hydrogen-bond donors (Lipinski definition) is 2. The number of benzene rings is 1. The van der Waals surface area contributed by atoms with Crippen LogP contribution in [0.15, 0.2) is 47.7 Å². The minimum absolute atomic E-state index is 0.00506. The average Bonchev–Trinajstić information content (AvgIpc) is 2.72. The first-order valence-corrected chi connectivity index (χ1v) is 8.23. The Balaban J connectivity index is 2.02. The number of pyridine rings is 2. The summed E-state index contributed by atoms with van der Waals surface area (Å²) in [5.41, 5.74) is 2.96. The second kappa shape index (κ2) is 8.65. The van der Waals surface area contributed by atoms with Crippen molar-refractivity contribution < 1.29 is 27.5 Å². The summed E-state index contributed by atoms with van der Waals surface area (Å²) in [4.78, 5) is 12.1. The number of amidine groups is 1. The van der Waals surface area contributed by atoms with E-state index in [0.29, 0.717) is 11.3 Å². The van der Waals surface area contributed by atoms with Gasteiger partial charge >= 0.3 is 0 Å². The quantitative estimate of drug-likeness (QED) is 0.220. The molecule has 0 atom stereocenters. The maximum Gasteiger partial charge on any atom is 0.230 e. The number of aliphatic imine (C=N–C) groups is 1. The van der Waals surface area contributed by atoms with Gasteiger partial charge < -0.3 is 4.74 Å². The van der Waals surface area contributed by atoms with Crippen molar-refractivity contribution in [2.24, 2.45) is 4.99 Å². The highest BCUT2D eigenvalue weighted by molar-refractivity contribution is 6.00. The lowest BCUT2D eigenvalue weighted by Gasteiger charge is -2.13. The Morgan fingerprint density at radius 2 is 1.86 bits per heavy atom. The highest BCUT2D eigenvalue weighted by Crippen LogP contribution is 2.32. The number of halogens is 4. The smallest absolute Gasteiger partial charge is 0.230 e. The summed E-state index contributed by atoms with van der Waals surface area (Å²) in [5.74, 6) is -8.55. The van der Waals surface area contributed by atoms with Crippen LogP contribution < -0.4 is 10.2 Å². The molecule has 0 fully saturated rings. The Bertz CT molecular complexity index is 1040. The van der Waals surface area contributed by atoms with Crippen LogP contribution >= 0.6 is 0 Å². The lowest BCUT2D eigenvalue weighted by atomic mass is 10.2. The van der Waals surface area contributed by atoms with E-state index in [4.69, 9.17) is 4.74 Å². The van der Waals surface area contributed by atoms with Gasteiger partial charge in [0, 0.05) is 24.2 Å². The molecule has 10 heteroatoms. The number of nitrogens with zero attached hydrogens (tertiary/aromatic N) is 3. The number of hydroxylamine groups is 1. The first-order chi connectivity index (χ1) is 13.9. The van der Waals surface area contributed by atoms with E-state index in [1.54, 1.807) is 31.5 Å². The second-order valence-corrected chi connectivity index (χ2v) is 5.84. The molecule has 150 valence electrons. The van der Waals surface area contributed by atoms with E-state index in [1.165, 1.54) is 12.1 Å². The van der Waals surface area contributed by atoms with Gasteiger partial charge in [-0.2, -0.15) is 8.78 Å². The molecule has 0 saturated carbocycles. The van der Waals surface area contributed by atoms with Gasteiger partial charge in [-0.1, -0.05) is 6.07 Å². The standard InChI is InChI=1S/C19H14F4N4O2/c1-10-4-5-12(18(27-28)25-9-11-3-2-6-24-8-11)19(26-10)29-17-15(22)13(20)7-14(21)16(17)23/h2-8,28H,9H2,1H3,(H,25,27). The topological polar surface area (TPSA) is 79.6 Å². The third-order valence-corrected chi connectivity index (χ3v) is 3.77. The lowest BCUT2D eigenvalue weighted by molar-refractivity contribution is 0.234. The van der Waals surface area contributed by atoms with E-state index in [9.17, 15) is 22.8 Å². The Hall–Kier alpha value is -3.53. The zero-order valence-corrected chi connectivity index (χ0v) is 15.0. The average molecular weight is 406 g/mol. The van der Waals surface area contributed by atoms with Gasteiger partial charge in [0.2, 0.25) is 23.3 Å². The van der Waals surface area contributed by atoms with Crippen molar-refractivity contribution in [3.8, 4) is 11.6 Å². The van der Waals surface area contributed by atoms with Gasteiger partial charge in [0.1, 0.15) is 0 Å². The Morgan fingerprint density at radius 1 is 1.14 bits per heavy atom. The molecule has 0 radical (unpaired) electrons. The molecule has 2 N–H and O–H groups in total. The van der Waals surface area contributed by atoms with E-state index < -0.39 is 34.9 Å². The van der Waals surface area contributed by atoms with Crippen LogP contribution in [0.3, 0.4) is 0 Å². The molecule has 0 saturated heterocycles. The van der Waals surface area contributed by atoms with Crippen molar-refractivity contribution >= 4 is 5.84 Å². The molecule has 1 aromatic carbocycles. The predicted octanol–water partition coefficient (Wildman–Crippen LogP) is 4.06. The largest absolute Gasteiger partial charge is 0.432 e. The fourth-order valence-corrected chi connectivity index (χ4v) is 2.37. The van der Waals surface area contributed by atoms with E-state index in [1.807, 2.05) is 5.48 Å². The number of aryl methyl sites for hydroxylation is 1. The van der Waals surface area contributed by atoms with Crippen molar-refractivity contribution in [2.45, 2.75) is 13.5 Å². The molecule has 6 nitrogen and oxygen atoms in total. The zero-order valence-electron chi connectivity index (χ0n) is 15.0. The number of hydrogen-bond acceptors (Lipinski definition) is 5. The van der Waals surface area contributed by atoms with Gasteiger partial charge in [0.25, 0.3) is 0 Å². The molecule has 0 unspecified atom stereocenters. The number of nitrogens with one attached hydrogen (secondary N) is 1. The number of ether oxygens (including phenoxy) is 1. The third kappa shape index (κ3) is 4.49. The molecule has 0 amide bonds. The summed E-state index contributed by atoms with van der Waals surface area (Å²) in [5, 5.41) is 9.47. The highest BCUT2D eigenvalue weighted by atomic mass is 19.2. The molecule has 0 aliphatic carbocycles. The molecule has 0 aliphatic heterocycles. The Kier molecular flexibility index (Phi) is 6.03.